The van der Waals surface area contributed by atoms with Crippen LogP contribution in [0.3, 0.4) is 0 Å². The van der Waals surface area contributed by atoms with Crippen molar-refractivity contribution in [1.29, 1.82) is 0 Å². The molecule has 0 saturated carbocycles. The molecule has 0 fully saturated rings. The molecule has 0 saturated heterocycles. The maximum atomic E-state index is 10.6. The predicted molar refractivity (Wildman–Crippen MR) is 75.4 cm³/mol. The van der Waals surface area contributed by atoms with Crippen LogP contribution in [-0.2, 0) is 11.3 Å². The molecular formula is C15H23NO3. The number of benzene rings is 1. The van der Waals surface area contributed by atoms with Crippen molar-refractivity contribution in [2.75, 3.05) is 13.1 Å². The minimum absolute atomic E-state index is 0.175. The lowest BCUT2D eigenvalue weighted by molar-refractivity contribution is -0.137. The molecule has 4 nitrogen and oxygen atoms in total. The largest absolute Gasteiger partial charge is 0.491 e. The van der Waals surface area contributed by atoms with E-state index in [2.05, 4.69) is 4.90 Å². The normalized spacial score (nSPS) is 11.0. The minimum Gasteiger partial charge on any atom is -0.491 e. The van der Waals surface area contributed by atoms with Crippen LogP contribution in [0.25, 0.3) is 0 Å². The van der Waals surface area contributed by atoms with Gasteiger partial charge >= 0.3 is 5.97 Å². The number of hydrogen-bond acceptors (Lipinski definition) is 3. The highest BCUT2D eigenvalue weighted by Gasteiger charge is 2.06. The maximum absolute atomic E-state index is 10.6. The summed E-state index contributed by atoms with van der Waals surface area (Å²) in [5.41, 5.74) is 1.17. The monoisotopic (exact) mass is 265 g/mol. The number of ether oxygens (including phenoxy) is 1. The molecule has 0 spiro atoms. The SMILES string of the molecule is CCN(CCC(=O)O)Cc1ccc(OC(C)C)cc1. The topological polar surface area (TPSA) is 49.8 Å². The van der Waals surface area contributed by atoms with Gasteiger partial charge in [0.15, 0.2) is 0 Å². The van der Waals surface area contributed by atoms with Gasteiger partial charge < -0.3 is 9.84 Å². The second kappa shape index (κ2) is 7.79. The Morgan fingerprint density at radius 3 is 2.42 bits per heavy atom. The van der Waals surface area contributed by atoms with Gasteiger partial charge in [-0.1, -0.05) is 19.1 Å². The first-order valence-electron chi connectivity index (χ1n) is 6.71. The average molecular weight is 265 g/mol. The molecule has 4 heteroatoms. The molecule has 1 aromatic carbocycles. The van der Waals surface area contributed by atoms with E-state index < -0.39 is 5.97 Å². The summed E-state index contributed by atoms with van der Waals surface area (Å²) in [5.74, 6) is 0.117. The lowest BCUT2D eigenvalue weighted by atomic mass is 10.2. The lowest BCUT2D eigenvalue weighted by Gasteiger charge is -2.19. The van der Waals surface area contributed by atoms with E-state index >= 15 is 0 Å². The van der Waals surface area contributed by atoms with Gasteiger partial charge in [0.05, 0.1) is 12.5 Å². The van der Waals surface area contributed by atoms with E-state index in [0.717, 1.165) is 18.8 Å². The molecular weight excluding hydrogens is 242 g/mol. The Bertz CT molecular complexity index is 387. The van der Waals surface area contributed by atoms with Gasteiger partial charge in [-0.05, 0) is 38.1 Å². The van der Waals surface area contributed by atoms with Crippen LogP contribution in [0.1, 0.15) is 32.8 Å². The molecule has 1 rings (SSSR count). The van der Waals surface area contributed by atoms with E-state index in [1.807, 2.05) is 45.0 Å². The molecule has 0 aliphatic heterocycles. The summed E-state index contributed by atoms with van der Waals surface area (Å²) >= 11 is 0. The van der Waals surface area contributed by atoms with Crippen molar-refractivity contribution in [3.8, 4) is 5.75 Å². The number of hydrogen-bond donors (Lipinski definition) is 1. The highest BCUT2D eigenvalue weighted by Crippen LogP contribution is 2.15. The van der Waals surface area contributed by atoms with Gasteiger partial charge in [0.25, 0.3) is 0 Å². The summed E-state index contributed by atoms with van der Waals surface area (Å²) in [7, 11) is 0. The number of carboxylic acids is 1. The molecule has 0 amide bonds. The molecule has 0 aliphatic rings. The van der Waals surface area contributed by atoms with Gasteiger partial charge in [-0.15, -0.1) is 0 Å². The van der Waals surface area contributed by atoms with Crippen LogP contribution in [0, 0.1) is 0 Å². The maximum Gasteiger partial charge on any atom is 0.304 e. The Kier molecular flexibility index (Phi) is 6.36. The second-order valence-electron chi connectivity index (χ2n) is 4.82. The highest BCUT2D eigenvalue weighted by atomic mass is 16.5. The molecule has 0 heterocycles. The summed E-state index contributed by atoms with van der Waals surface area (Å²) in [6.07, 6.45) is 0.358. The number of aliphatic carboxylic acids is 1. The van der Waals surface area contributed by atoms with Crippen molar-refractivity contribution in [2.24, 2.45) is 0 Å². The van der Waals surface area contributed by atoms with Crippen molar-refractivity contribution in [3.05, 3.63) is 29.8 Å². The molecule has 0 radical (unpaired) electrons. The number of carboxylic acid groups (broad SMARTS) is 1. The van der Waals surface area contributed by atoms with Crippen LogP contribution < -0.4 is 4.74 Å². The van der Waals surface area contributed by atoms with Crippen molar-refractivity contribution in [1.82, 2.24) is 4.90 Å². The van der Waals surface area contributed by atoms with Crippen LogP contribution in [0.15, 0.2) is 24.3 Å². The molecule has 0 aromatic heterocycles. The van der Waals surface area contributed by atoms with E-state index in [4.69, 9.17) is 9.84 Å². The van der Waals surface area contributed by atoms with Gasteiger partial charge in [-0.2, -0.15) is 0 Å². The Morgan fingerprint density at radius 1 is 1.32 bits per heavy atom. The van der Waals surface area contributed by atoms with Crippen LogP contribution >= 0.6 is 0 Å². The minimum atomic E-state index is -0.751. The first kappa shape index (κ1) is 15.5. The molecule has 1 N–H and O–H groups in total. The molecule has 106 valence electrons. The van der Waals surface area contributed by atoms with E-state index in [9.17, 15) is 4.79 Å². The van der Waals surface area contributed by atoms with E-state index in [0.29, 0.717) is 6.54 Å². The third-order valence-electron chi connectivity index (χ3n) is 2.79. The third kappa shape index (κ3) is 6.25. The Hall–Kier alpha value is -1.55. The standard InChI is InChI=1S/C15H23NO3/c1-4-16(10-9-15(17)18)11-13-5-7-14(8-6-13)19-12(2)3/h5-8,12H,4,9-11H2,1-3H3,(H,17,18). The van der Waals surface area contributed by atoms with Gasteiger partial charge in [0.2, 0.25) is 0 Å². The van der Waals surface area contributed by atoms with Gasteiger partial charge in [0, 0.05) is 13.1 Å². The molecule has 0 unspecified atom stereocenters. The fourth-order valence-corrected chi connectivity index (χ4v) is 1.81. The second-order valence-corrected chi connectivity index (χ2v) is 4.82. The molecule has 19 heavy (non-hydrogen) atoms. The fourth-order valence-electron chi connectivity index (χ4n) is 1.81. The first-order valence-corrected chi connectivity index (χ1v) is 6.71. The molecule has 0 atom stereocenters. The van der Waals surface area contributed by atoms with Crippen molar-refractivity contribution >= 4 is 5.97 Å². The zero-order valence-electron chi connectivity index (χ0n) is 11.9. The fraction of sp³-hybridized carbons (Fsp3) is 0.533. The van der Waals surface area contributed by atoms with Crippen molar-refractivity contribution < 1.29 is 14.6 Å². The smallest absolute Gasteiger partial charge is 0.304 e. The van der Waals surface area contributed by atoms with Crippen LogP contribution in [0.5, 0.6) is 5.75 Å². The van der Waals surface area contributed by atoms with Crippen molar-refractivity contribution in [3.63, 3.8) is 0 Å². The highest BCUT2D eigenvalue weighted by molar-refractivity contribution is 5.66. The van der Waals surface area contributed by atoms with E-state index in [1.165, 1.54) is 5.56 Å². The summed E-state index contributed by atoms with van der Waals surface area (Å²) in [6.45, 7) is 8.23. The average Bonchev–Trinajstić information content (AvgIpc) is 2.35. The van der Waals surface area contributed by atoms with Gasteiger partial charge in [0.1, 0.15) is 5.75 Å². The Labute approximate surface area is 115 Å². The number of carbonyl (C=O) groups is 1. The summed E-state index contributed by atoms with van der Waals surface area (Å²) in [6, 6.07) is 7.98. The summed E-state index contributed by atoms with van der Waals surface area (Å²) in [4.78, 5) is 12.7. The molecule has 1 aromatic rings. The van der Waals surface area contributed by atoms with Crippen molar-refractivity contribution in [2.45, 2.75) is 39.8 Å². The van der Waals surface area contributed by atoms with Crippen LogP contribution in [0.2, 0.25) is 0 Å². The number of rotatable bonds is 8. The van der Waals surface area contributed by atoms with Gasteiger partial charge in [-0.25, -0.2) is 0 Å². The van der Waals surface area contributed by atoms with E-state index in [1.54, 1.807) is 0 Å². The molecule has 0 bridgehead atoms. The van der Waals surface area contributed by atoms with Gasteiger partial charge in [-0.3, -0.25) is 9.69 Å². The third-order valence-corrected chi connectivity index (χ3v) is 2.79. The zero-order chi connectivity index (χ0) is 14.3. The van der Waals surface area contributed by atoms with Crippen LogP contribution in [-0.4, -0.2) is 35.2 Å². The van der Waals surface area contributed by atoms with Crippen LogP contribution in [0.4, 0.5) is 0 Å². The number of nitrogens with zero attached hydrogens (tertiary/aromatic N) is 1. The quantitative estimate of drug-likeness (QED) is 0.785. The zero-order valence-corrected chi connectivity index (χ0v) is 11.9. The first-order chi connectivity index (χ1) is 9.01. The summed E-state index contributed by atoms with van der Waals surface area (Å²) < 4.78 is 5.59. The lowest BCUT2D eigenvalue weighted by Crippen LogP contribution is -2.25. The Balaban J connectivity index is 2.52. The van der Waals surface area contributed by atoms with E-state index in [-0.39, 0.29) is 12.5 Å². The summed E-state index contributed by atoms with van der Waals surface area (Å²) in [5, 5.41) is 8.70. The predicted octanol–water partition coefficient (Wildman–Crippen LogP) is 2.77. The molecule has 0 aliphatic carbocycles. The Morgan fingerprint density at radius 2 is 1.95 bits per heavy atom.